The summed E-state index contributed by atoms with van der Waals surface area (Å²) in [5.41, 5.74) is 2.88. The molecular formula is C45H63N3O6. The van der Waals surface area contributed by atoms with Crippen molar-refractivity contribution in [1.29, 1.82) is 0 Å². The first-order valence-corrected chi connectivity index (χ1v) is 20.5. The number of ether oxygens (including phenoxy) is 1. The molecule has 5 aliphatic carbocycles. The van der Waals surface area contributed by atoms with Crippen LogP contribution in [0, 0.1) is 56.7 Å². The second-order valence-electron chi connectivity index (χ2n) is 19.2. The average molecular weight is 742 g/mol. The van der Waals surface area contributed by atoms with E-state index >= 15 is 0 Å². The predicted octanol–water partition coefficient (Wildman–Crippen LogP) is 8.07. The Bertz CT molecular complexity index is 1800. The Morgan fingerprint density at radius 1 is 0.944 bits per heavy atom. The van der Waals surface area contributed by atoms with E-state index in [-0.39, 0.29) is 63.1 Å². The molecule has 2 aromatic rings. The van der Waals surface area contributed by atoms with Crippen molar-refractivity contribution in [2.45, 2.75) is 125 Å². The van der Waals surface area contributed by atoms with Crippen molar-refractivity contribution in [3.8, 4) is 0 Å². The van der Waals surface area contributed by atoms with E-state index in [4.69, 9.17) is 4.42 Å². The molecule has 10 atom stereocenters. The number of carbonyl (C=O) groups excluding carboxylic acids is 3. The normalized spacial score (nSPS) is 37.9. The number of aliphatic hydroxyl groups is 1. The molecule has 3 N–H and O–H groups in total. The van der Waals surface area contributed by atoms with Crippen LogP contribution in [0.15, 0.2) is 47.1 Å². The van der Waals surface area contributed by atoms with Gasteiger partial charge < -0.3 is 24.9 Å². The molecule has 0 spiro atoms. The number of rotatable bonds is 9. The lowest BCUT2D eigenvalue weighted by atomic mass is 9.32. The van der Waals surface area contributed by atoms with Gasteiger partial charge in [-0.1, -0.05) is 58.9 Å². The van der Waals surface area contributed by atoms with Gasteiger partial charge in [-0.25, -0.2) is 9.78 Å². The van der Waals surface area contributed by atoms with Gasteiger partial charge in [-0.15, -0.1) is 0 Å². The van der Waals surface area contributed by atoms with Crippen molar-refractivity contribution < 1.29 is 28.6 Å². The Balaban J connectivity index is 1.04. The number of fused-ring (bicyclic) bond motifs is 7. The van der Waals surface area contributed by atoms with Crippen molar-refractivity contribution >= 4 is 17.8 Å². The number of aliphatic hydroxyl groups excluding tert-OH is 1. The second-order valence-corrected chi connectivity index (χ2v) is 19.2. The molecule has 1 aromatic carbocycles. The fraction of sp³-hybridized carbons (Fsp3) is 0.689. The van der Waals surface area contributed by atoms with Crippen LogP contribution in [0.3, 0.4) is 0 Å². The molecule has 9 nitrogen and oxygen atoms in total. The van der Waals surface area contributed by atoms with Crippen LogP contribution in [0.2, 0.25) is 0 Å². The SMILES string of the molecule is C=C(C)C1CCC2(C(=O)NCCc3cccc(C(=O)NCc4nc(C(=O)OC)co4)c3)CC[C@]3(C)C(CCC4C5(C)CCC(O)C(C)(C)C5CCC43C)C12. The molecular weight excluding hydrogens is 679 g/mol. The number of allylic oxidation sites excluding steroid dienone is 1. The van der Waals surface area contributed by atoms with E-state index in [0.717, 1.165) is 44.1 Å². The van der Waals surface area contributed by atoms with Crippen molar-refractivity contribution in [2.24, 2.45) is 56.7 Å². The summed E-state index contributed by atoms with van der Waals surface area (Å²) in [5.74, 6) is 1.82. The molecule has 0 saturated heterocycles. The van der Waals surface area contributed by atoms with Crippen LogP contribution in [0.1, 0.15) is 138 Å². The third-order valence-corrected chi connectivity index (χ3v) is 16.7. The first kappa shape index (κ1) is 38.8. The van der Waals surface area contributed by atoms with Gasteiger partial charge in [0.15, 0.2) is 5.69 Å². The third kappa shape index (κ3) is 5.97. The first-order valence-electron chi connectivity index (χ1n) is 20.5. The lowest BCUT2D eigenvalue weighted by Crippen LogP contribution is -2.67. The highest BCUT2D eigenvalue weighted by molar-refractivity contribution is 5.94. The Kier molecular flexibility index (Phi) is 10.0. The molecule has 54 heavy (non-hydrogen) atoms. The quantitative estimate of drug-likeness (QED) is 0.175. The summed E-state index contributed by atoms with van der Waals surface area (Å²) in [6, 6.07) is 7.46. The second kappa shape index (κ2) is 13.9. The third-order valence-electron chi connectivity index (χ3n) is 16.7. The smallest absolute Gasteiger partial charge is 0.360 e. The summed E-state index contributed by atoms with van der Waals surface area (Å²) in [5, 5.41) is 17.3. The minimum Gasteiger partial charge on any atom is -0.464 e. The Morgan fingerprint density at radius 2 is 1.72 bits per heavy atom. The summed E-state index contributed by atoms with van der Waals surface area (Å²) in [6.07, 6.45) is 12.3. The van der Waals surface area contributed by atoms with Crippen LogP contribution in [-0.2, 0) is 22.5 Å². The van der Waals surface area contributed by atoms with Crippen molar-refractivity contribution in [1.82, 2.24) is 15.6 Å². The molecule has 1 aromatic heterocycles. The number of nitrogens with zero attached hydrogens (tertiary/aromatic N) is 1. The largest absolute Gasteiger partial charge is 0.464 e. The topological polar surface area (TPSA) is 131 Å². The number of methoxy groups -OCH3 is 1. The number of carbonyl (C=O) groups is 3. The number of esters is 1. The number of aromatic nitrogens is 1. The van der Waals surface area contributed by atoms with E-state index in [9.17, 15) is 19.5 Å². The van der Waals surface area contributed by atoms with E-state index in [1.807, 2.05) is 18.2 Å². The van der Waals surface area contributed by atoms with Crippen LogP contribution >= 0.6 is 0 Å². The standard InChI is InChI=1S/C45H63N3O6/c1-27(2)30-14-20-45(40(52)46-23-17-28-10-9-11-29(24-28)38(50)47-25-36-48-32(26-54-36)39(51)53-8)22-21-43(6)31(37(30)45)12-13-34-42(5)18-16-35(49)41(3,4)33(42)15-19-44(34,43)7/h9-11,24,26,30-31,33-35,37,49H,1,12-23,25H2,2-8H3,(H,46,52)(H,47,50)/t30?,31?,33?,34?,35?,37?,42?,43-,44?,45?/m1/s1. The highest BCUT2D eigenvalue weighted by Gasteiger charge is 2.71. The maximum atomic E-state index is 14.6. The van der Waals surface area contributed by atoms with Crippen LogP contribution in [0.25, 0.3) is 0 Å². The van der Waals surface area contributed by atoms with E-state index in [0.29, 0.717) is 48.1 Å². The summed E-state index contributed by atoms with van der Waals surface area (Å²) in [6.45, 7) is 19.7. The fourth-order valence-electron chi connectivity index (χ4n) is 13.7. The number of hydrogen-bond acceptors (Lipinski definition) is 7. The van der Waals surface area contributed by atoms with Gasteiger partial charge in [0, 0.05) is 12.1 Å². The number of benzene rings is 1. The van der Waals surface area contributed by atoms with Gasteiger partial charge in [0.1, 0.15) is 6.26 Å². The highest BCUT2D eigenvalue weighted by Crippen LogP contribution is 2.77. The minimum atomic E-state index is -0.601. The maximum absolute atomic E-state index is 14.6. The molecule has 0 radical (unpaired) electrons. The van der Waals surface area contributed by atoms with Crippen LogP contribution < -0.4 is 10.6 Å². The fourth-order valence-corrected chi connectivity index (χ4v) is 13.7. The summed E-state index contributed by atoms with van der Waals surface area (Å²) in [7, 11) is 1.27. The monoisotopic (exact) mass is 741 g/mol. The van der Waals surface area contributed by atoms with E-state index in [1.54, 1.807) is 6.07 Å². The summed E-state index contributed by atoms with van der Waals surface area (Å²) in [4.78, 5) is 43.3. The molecule has 5 saturated carbocycles. The molecule has 9 unspecified atom stereocenters. The van der Waals surface area contributed by atoms with Crippen LogP contribution in [0.4, 0.5) is 0 Å². The van der Waals surface area contributed by atoms with Gasteiger partial charge in [0.25, 0.3) is 5.91 Å². The molecule has 5 aliphatic rings. The van der Waals surface area contributed by atoms with Gasteiger partial charge in [0.05, 0.1) is 25.2 Å². The van der Waals surface area contributed by atoms with Crippen LogP contribution in [-0.4, -0.2) is 47.6 Å². The zero-order valence-electron chi connectivity index (χ0n) is 33.7. The number of nitrogens with one attached hydrogen (secondary N) is 2. The Morgan fingerprint density at radius 3 is 2.46 bits per heavy atom. The van der Waals surface area contributed by atoms with Gasteiger partial charge >= 0.3 is 5.97 Å². The van der Waals surface area contributed by atoms with Crippen LogP contribution in [0.5, 0.6) is 0 Å². The molecule has 1 heterocycles. The highest BCUT2D eigenvalue weighted by atomic mass is 16.5. The lowest BCUT2D eigenvalue weighted by Gasteiger charge is -2.72. The molecule has 5 fully saturated rings. The molecule has 294 valence electrons. The molecule has 2 amide bonds. The lowest BCUT2D eigenvalue weighted by molar-refractivity contribution is -0.246. The molecule has 9 heteroatoms. The van der Waals surface area contributed by atoms with Crippen molar-refractivity contribution in [3.63, 3.8) is 0 Å². The average Bonchev–Trinajstić information content (AvgIpc) is 3.79. The van der Waals surface area contributed by atoms with Gasteiger partial charge in [-0.3, -0.25) is 9.59 Å². The molecule has 0 aliphatic heterocycles. The Labute approximate surface area is 321 Å². The van der Waals surface area contributed by atoms with Gasteiger partial charge in [0.2, 0.25) is 11.8 Å². The summed E-state index contributed by atoms with van der Waals surface area (Å²) < 4.78 is 9.95. The Hall–Kier alpha value is -3.46. The first-order chi connectivity index (χ1) is 25.5. The number of hydrogen-bond donors (Lipinski definition) is 3. The zero-order chi connectivity index (χ0) is 38.8. The minimum absolute atomic E-state index is 0.0343. The predicted molar refractivity (Wildman–Crippen MR) is 207 cm³/mol. The number of amides is 2. The van der Waals surface area contributed by atoms with Gasteiger partial charge in [-0.05, 0) is 146 Å². The maximum Gasteiger partial charge on any atom is 0.360 e. The van der Waals surface area contributed by atoms with E-state index in [2.05, 4.69) is 68.5 Å². The van der Waals surface area contributed by atoms with E-state index in [1.165, 1.54) is 44.6 Å². The zero-order valence-corrected chi connectivity index (χ0v) is 33.7. The van der Waals surface area contributed by atoms with Crippen molar-refractivity contribution in [2.75, 3.05) is 13.7 Å². The van der Waals surface area contributed by atoms with Gasteiger partial charge in [-0.2, -0.15) is 0 Å². The van der Waals surface area contributed by atoms with Crippen molar-refractivity contribution in [3.05, 3.63) is 65.4 Å². The summed E-state index contributed by atoms with van der Waals surface area (Å²) >= 11 is 0. The molecule has 7 rings (SSSR count). The molecule has 0 bridgehead atoms. The number of oxazole rings is 1. The van der Waals surface area contributed by atoms with E-state index < -0.39 is 5.97 Å².